The monoisotopic (exact) mass is 418 g/mol. The fourth-order valence-electron chi connectivity index (χ4n) is 3.60. The van der Waals surface area contributed by atoms with Crippen molar-refractivity contribution in [3.8, 4) is 11.5 Å². The molecule has 1 amide bonds. The van der Waals surface area contributed by atoms with Gasteiger partial charge in [0.25, 0.3) is 5.91 Å². The Labute approximate surface area is 171 Å². The minimum Gasteiger partial charge on any atom is -0.497 e. The Morgan fingerprint density at radius 2 is 1.86 bits per heavy atom. The van der Waals surface area contributed by atoms with E-state index in [0.29, 0.717) is 23.6 Å². The molecule has 29 heavy (non-hydrogen) atoms. The van der Waals surface area contributed by atoms with Gasteiger partial charge < -0.3 is 14.4 Å². The molecule has 0 spiro atoms. The van der Waals surface area contributed by atoms with Gasteiger partial charge in [0.2, 0.25) is 10.0 Å². The van der Waals surface area contributed by atoms with E-state index in [1.54, 1.807) is 31.3 Å². The molecule has 1 atom stereocenters. The van der Waals surface area contributed by atoms with Crippen LogP contribution in [0.25, 0.3) is 0 Å². The Morgan fingerprint density at radius 1 is 1.10 bits per heavy atom. The van der Waals surface area contributed by atoms with Crippen molar-refractivity contribution >= 4 is 15.9 Å². The first-order valence-electron chi connectivity index (χ1n) is 9.35. The molecule has 1 fully saturated rings. The number of amides is 1. The summed E-state index contributed by atoms with van der Waals surface area (Å²) >= 11 is 0. The summed E-state index contributed by atoms with van der Waals surface area (Å²) in [4.78, 5) is 15.2. The molecule has 7 nitrogen and oxygen atoms in total. The summed E-state index contributed by atoms with van der Waals surface area (Å²) in [6.07, 6.45) is 1.65. The first kappa shape index (κ1) is 21.1. The molecule has 0 bridgehead atoms. The maximum atomic E-state index is 13.3. The summed E-state index contributed by atoms with van der Waals surface area (Å²) in [5, 5.41) is 0. The van der Waals surface area contributed by atoms with Crippen molar-refractivity contribution in [3.05, 3.63) is 53.6 Å². The van der Waals surface area contributed by atoms with Crippen molar-refractivity contribution < 1.29 is 22.7 Å². The highest BCUT2D eigenvalue weighted by Gasteiger charge is 2.33. The van der Waals surface area contributed by atoms with Crippen LogP contribution in [0.3, 0.4) is 0 Å². The molecule has 2 aromatic carbocycles. The zero-order valence-corrected chi connectivity index (χ0v) is 17.9. The molecular formula is C21H26N2O5S. The molecule has 0 N–H and O–H groups in total. The van der Waals surface area contributed by atoms with Gasteiger partial charge in [-0.15, -0.1) is 0 Å². The maximum Gasteiger partial charge on any atom is 0.254 e. The molecule has 1 aliphatic heterocycles. The number of methoxy groups -OCH3 is 2. The number of hydrogen-bond donors (Lipinski definition) is 0. The number of sulfonamides is 1. The highest BCUT2D eigenvalue weighted by Crippen LogP contribution is 2.39. The number of rotatable bonds is 6. The summed E-state index contributed by atoms with van der Waals surface area (Å²) in [6, 6.07) is 11.6. The average molecular weight is 419 g/mol. The van der Waals surface area contributed by atoms with Crippen molar-refractivity contribution in [1.82, 2.24) is 9.21 Å². The Hall–Kier alpha value is -2.58. The zero-order valence-electron chi connectivity index (χ0n) is 17.1. The van der Waals surface area contributed by atoms with Crippen LogP contribution in [0.2, 0.25) is 0 Å². The van der Waals surface area contributed by atoms with E-state index in [2.05, 4.69) is 0 Å². The average Bonchev–Trinajstić information content (AvgIpc) is 3.22. The first-order valence-corrected chi connectivity index (χ1v) is 10.8. The molecular weight excluding hydrogens is 392 g/mol. The standard InChI is InChI=1S/C21H26N2O5S/c1-22(2)29(25,26)17-8-5-7-15(13-17)21(24)23-12-6-9-19(23)18-14-16(27-3)10-11-20(18)28-4/h5,7-8,10-11,13-14,19H,6,9,12H2,1-4H3/t19-/m0/s1. The number of carbonyl (C=O) groups is 1. The third-order valence-corrected chi connectivity index (χ3v) is 6.98. The predicted octanol–water partition coefficient (Wildman–Crippen LogP) is 2.93. The summed E-state index contributed by atoms with van der Waals surface area (Å²) < 4.78 is 36.9. The van der Waals surface area contributed by atoms with E-state index in [1.165, 1.54) is 26.2 Å². The van der Waals surface area contributed by atoms with Gasteiger partial charge in [-0.3, -0.25) is 4.79 Å². The number of nitrogens with zero attached hydrogens (tertiary/aromatic N) is 2. The first-order chi connectivity index (χ1) is 13.8. The largest absolute Gasteiger partial charge is 0.497 e. The Balaban J connectivity index is 1.96. The third-order valence-electron chi connectivity index (χ3n) is 5.17. The van der Waals surface area contributed by atoms with E-state index in [1.807, 2.05) is 18.2 Å². The van der Waals surface area contributed by atoms with E-state index in [0.717, 1.165) is 22.7 Å². The Kier molecular flexibility index (Phi) is 6.14. The maximum absolute atomic E-state index is 13.3. The molecule has 0 aliphatic carbocycles. The highest BCUT2D eigenvalue weighted by atomic mass is 32.2. The fraction of sp³-hybridized carbons (Fsp3) is 0.381. The number of likely N-dealkylation sites (tertiary alicyclic amines) is 1. The van der Waals surface area contributed by atoms with Gasteiger partial charge in [-0.1, -0.05) is 6.07 Å². The lowest BCUT2D eigenvalue weighted by Gasteiger charge is -2.27. The highest BCUT2D eigenvalue weighted by molar-refractivity contribution is 7.89. The van der Waals surface area contributed by atoms with Gasteiger partial charge in [0.15, 0.2) is 0 Å². The summed E-state index contributed by atoms with van der Waals surface area (Å²) in [5.41, 5.74) is 1.23. The van der Waals surface area contributed by atoms with Crippen LogP contribution < -0.4 is 9.47 Å². The molecule has 2 aromatic rings. The molecule has 0 radical (unpaired) electrons. The number of ether oxygens (including phenoxy) is 2. The molecule has 1 saturated heterocycles. The van der Waals surface area contributed by atoms with Gasteiger partial charge >= 0.3 is 0 Å². The Morgan fingerprint density at radius 3 is 2.52 bits per heavy atom. The van der Waals surface area contributed by atoms with Gasteiger partial charge in [-0.2, -0.15) is 0 Å². The van der Waals surface area contributed by atoms with Crippen molar-refractivity contribution in [2.45, 2.75) is 23.8 Å². The van der Waals surface area contributed by atoms with Crippen LogP contribution in [0.4, 0.5) is 0 Å². The summed E-state index contributed by atoms with van der Waals surface area (Å²) in [7, 11) is 2.52. The van der Waals surface area contributed by atoms with E-state index in [-0.39, 0.29) is 16.8 Å². The van der Waals surface area contributed by atoms with E-state index >= 15 is 0 Å². The minimum absolute atomic E-state index is 0.100. The molecule has 156 valence electrons. The van der Waals surface area contributed by atoms with Crippen LogP contribution in [-0.4, -0.2) is 58.4 Å². The van der Waals surface area contributed by atoms with Crippen LogP contribution in [-0.2, 0) is 10.0 Å². The predicted molar refractivity (Wildman–Crippen MR) is 110 cm³/mol. The van der Waals surface area contributed by atoms with Crippen molar-refractivity contribution in [3.63, 3.8) is 0 Å². The lowest BCUT2D eigenvalue weighted by Crippen LogP contribution is -2.31. The molecule has 0 aromatic heterocycles. The second kappa shape index (κ2) is 8.42. The Bertz CT molecular complexity index is 1000. The third kappa shape index (κ3) is 4.09. The smallest absolute Gasteiger partial charge is 0.254 e. The summed E-state index contributed by atoms with van der Waals surface area (Å²) in [5.74, 6) is 1.19. The number of carbonyl (C=O) groups excluding carboxylic acids is 1. The van der Waals surface area contributed by atoms with Crippen LogP contribution >= 0.6 is 0 Å². The van der Waals surface area contributed by atoms with Crippen LogP contribution in [0.1, 0.15) is 34.8 Å². The lowest BCUT2D eigenvalue weighted by molar-refractivity contribution is 0.0733. The molecule has 3 rings (SSSR count). The van der Waals surface area contributed by atoms with Gasteiger partial charge in [0.05, 0.1) is 25.2 Å². The number of benzene rings is 2. The van der Waals surface area contributed by atoms with Crippen LogP contribution in [0.15, 0.2) is 47.4 Å². The summed E-state index contributed by atoms with van der Waals surface area (Å²) in [6.45, 7) is 0.592. The van der Waals surface area contributed by atoms with Gasteiger partial charge in [-0.05, 0) is 49.2 Å². The van der Waals surface area contributed by atoms with Crippen LogP contribution in [0.5, 0.6) is 11.5 Å². The van der Waals surface area contributed by atoms with E-state index in [9.17, 15) is 13.2 Å². The van der Waals surface area contributed by atoms with E-state index in [4.69, 9.17) is 9.47 Å². The van der Waals surface area contributed by atoms with Crippen LogP contribution in [0, 0.1) is 0 Å². The van der Waals surface area contributed by atoms with Crippen molar-refractivity contribution in [2.75, 3.05) is 34.9 Å². The topological polar surface area (TPSA) is 76.1 Å². The molecule has 1 aliphatic rings. The SMILES string of the molecule is COc1ccc(OC)c([C@@H]2CCCN2C(=O)c2cccc(S(=O)(=O)N(C)C)c2)c1. The lowest BCUT2D eigenvalue weighted by atomic mass is 10.0. The fourth-order valence-corrected chi connectivity index (χ4v) is 4.55. The second-order valence-corrected chi connectivity index (χ2v) is 9.23. The van der Waals surface area contributed by atoms with Crippen molar-refractivity contribution in [2.24, 2.45) is 0 Å². The quantitative estimate of drug-likeness (QED) is 0.721. The molecule has 0 saturated carbocycles. The van der Waals surface area contributed by atoms with Crippen molar-refractivity contribution in [1.29, 1.82) is 0 Å². The number of hydrogen-bond acceptors (Lipinski definition) is 5. The van der Waals surface area contributed by atoms with Gasteiger partial charge in [0, 0.05) is 31.8 Å². The molecule has 1 heterocycles. The zero-order chi connectivity index (χ0) is 21.2. The van der Waals surface area contributed by atoms with Gasteiger partial charge in [-0.25, -0.2) is 12.7 Å². The van der Waals surface area contributed by atoms with Gasteiger partial charge in [0.1, 0.15) is 11.5 Å². The second-order valence-electron chi connectivity index (χ2n) is 7.08. The van der Waals surface area contributed by atoms with E-state index < -0.39 is 10.0 Å². The molecule has 0 unspecified atom stereocenters. The normalized spacial score (nSPS) is 16.9. The molecule has 8 heteroatoms. The minimum atomic E-state index is -3.62.